The molecule has 34 heavy (non-hydrogen) atoms. The van der Waals surface area contributed by atoms with E-state index in [0.717, 1.165) is 17.3 Å². The number of amides is 2. The van der Waals surface area contributed by atoms with Crippen molar-refractivity contribution in [2.24, 2.45) is 0 Å². The number of thioether (sulfide) groups is 1. The first-order valence-electron chi connectivity index (χ1n) is 10.1. The van der Waals surface area contributed by atoms with Gasteiger partial charge in [-0.05, 0) is 47.7 Å². The zero-order valence-corrected chi connectivity index (χ0v) is 21.0. The molecule has 0 unspecified atom stereocenters. The number of methoxy groups -OCH3 is 1. The van der Waals surface area contributed by atoms with Gasteiger partial charge in [0.2, 0.25) is 0 Å². The van der Waals surface area contributed by atoms with Gasteiger partial charge in [0.05, 0.1) is 18.6 Å². The molecule has 2 amide bonds. The summed E-state index contributed by atoms with van der Waals surface area (Å²) >= 11 is 19.3. The van der Waals surface area contributed by atoms with Gasteiger partial charge in [0.25, 0.3) is 11.1 Å². The summed E-state index contributed by atoms with van der Waals surface area (Å²) in [5.74, 6) is 0.507. The van der Waals surface area contributed by atoms with Gasteiger partial charge in [-0.3, -0.25) is 14.5 Å². The van der Waals surface area contributed by atoms with Gasteiger partial charge in [-0.1, -0.05) is 71.2 Å². The molecule has 0 atom stereocenters. The van der Waals surface area contributed by atoms with E-state index in [1.807, 2.05) is 6.07 Å². The average molecular weight is 535 g/mol. The Bertz CT molecular complexity index is 1290. The molecule has 1 saturated heterocycles. The molecular weight excluding hydrogens is 517 g/mol. The Morgan fingerprint density at radius 3 is 2.47 bits per heavy atom. The maximum atomic E-state index is 13.0. The molecule has 5 nitrogen and oxygen atoms in total. The SMILES string of the molecule is COc1cccc(/C=C2\SC(=O)N(Cc3ccccc3Cl)C2=O)c1OCc1ccc(Cl)cc1Cl. The van der Waals surface area contributed by atoms with Crippen LogP contribution in [-0.2, 0) is 17.9 Å². The van der Waals surface area contributed by atoms with Crippen molar-refractivity contribution in [1.82, 2.24) is 4.90 Å². The largest absolute Gasteiger partial charge is 0.493 e. The number of imide groups is 1. The molecule has 3 aromatic carbocycles. The maximum Gasteiger partial charge on any atom is 0.293 e. The van der Waals surface area contributed by atoms with Crippen molar-refractivity contribution in [3.63, 3.8) is 0 Å². The summed E-state index contributed by atoms with van der Waals surface area (Å²) in [7, 11) is 1.53. The number of para-hydroxylation sites is 1. The predicted octanol–water partition coefficient (Wildman–Crippen LogP) is 7.47. The Hall–Kier alpha value is -2.64. The van der Waals surface area contributed by atoms with Crippen LogP contribution >= 0.6 is 46.6 Å². The van der Waals surface area contributed by atoms with E-state index in [1.165, 1.54) is 12.0 Å². The zero-order valence-electron chi connectivity index (χ0n) is 17.9. The number of hydrogen-bond acceptors (Lipinski definition) is 5. The molecule has 174 valence electrons. The lowest BCUT2D eigenvalue weighted by molar-refractivity contribution is -0.123. The molecule has 3 aromatic rings. The van der Waals surface area contributed by atoms with Crippen LogP contribution in [0.3, 0.4) is 0 Å². The van der Waals surface area contributed by atoms with Gasteiger partial charge >= 0.3 is 0 Å². The number of benzene rings is 3. The quantitative estimate of drug-likeness (QED) is 0.294. The van der Waals surface area contributed by atoms with Crippen LogP contribution in [0.15, 0.2) is 65.6 Å². The van der Waals surface area contributed by atoms with E-state index in [9.17, 15) is 9.59 Å². The van der Waals surface area contributed by atoms with Gasteiger partial charge in [0, 0.05) is 26.2 Å². The molecule has 9 heteroatoms. The highest BCUT2D eigenvalue weighted by Crippen LogP contribution is 2.38. The van der Waals surface area contributed by atoms with Crippen molar-refractivity contribution < 1.29 is 19.1 Å². The molecule has 0 N–H and O–H groups in total. The number of halogens is 3. The van der Waals surface area contributed by atoms with E-state index in [1.54, 1.807) is 60.7 Å². The molecule has 1 heterocycles. The van der Waals surface area contributed by atoms with Crippen molar-refractivity contribution in [2.75, 3.05) is 7.11 Å². The van der Waals surface area contributed by atoms with Gasteiger partial charge in [0.1, 0.15) is 6.61 Å². The predicted molar refractivity (Wildman–Crippen MR) is 137 cm³/mol. The van der Waals surface area contributed by atoms with E-state index in [4.69, 9.17) is 44.3 Å². The van der Waals surface area contributed by atoms with E-state index in [2.05, 4.69) is 0 Å². The van der Waals surface area contributed by atoms with Gasteiger partial charge in [-0.15, -0.1) is 0 Å². The van der Waals surface area contributed by atoms with Crippen LogP contribution in [0.25, 0.3) is 6.08 Å². The molecular formula is C25H18Cl3NO4S. The average Bonchev–Trinajstić information content (AvgIpc) is 3.07. The third kappa shape index (κ3) is 5.36. The van der Waals surface area contributed by atoms with Crippen LogP contribution in [0.5, 0.6) is 11.5 Å². The summed E-state index contributed by atoms with van der Waals surface area (Å²) in [5.41, 5.74) is 2.02. The van der Waals surface area contributed by atoms with Crippen LogP contribution in [0.4, 0.5) is 4.79 Å². The van der Waals surface area contributed by atoms with E-state index in [-0.39, 0.29) is 23.3 Å². The number of hydrogen-bond donors (Lipinski definition) is 0. The standard InChI is InChI=1S/C25H18Cl3NO4S/c1-32-21-8-4-6-15(23(21)33-14-17-9-10-18(26)12-20(17)28)11-22-24(30)29(25(31)34-22)13-16-5-2-3-7-19(16)27/h2-12H,13-14H2,1H3/b22-11-. The smallest absolute Gasteiger partial charge is 0.293 e. The summed E-state index contributed by atoms with van der Waals surface area (Å²) in [5, 5.41) is 1.13. The molecule has 0 aliphatic carbocycles. The Morgan fingerprint density at radius 1 is 0.941 bits per heavy atom. The molecule has 0 aromatic heterocycles. The first kappa shape index (κ1) is 24.5. The molecule has 4 rings (SSSR count). The van der Waals surface area contributed by atoms with Crippen LogP contribution in [0.2, 0.25) is 15.1 Å². The molecule has 0 bridgehead atoms. The second kappa shape index (κ2) is 10.7. The lowest BCUT2D eigenvalue weighted by Gasteiger charge is -2.15. The van der Waals surface area contributed by atoms with Gasteiger partial charge in [-0.25, -0.2) is 0 Å². The molecule has 1 aliphatic heterocycles. The fourth-order valence-electron chi connectivity index (χ4n) is 3.32. The summed E-state index contributed by atoms with van der Waals surface area (Å²) < 4.78 is 11.5. The fraction of sp³-hybridized carbons (Fsp3) is 0.120. The van der Waals surface area contributed by atoms with Crippen LogP contribution in [-0.4, -0.2) is 23.2 Å². The highest BCUT2D eigenvalue weighted by Gasteiger charge is 2.35. The van der Waals surface area contributed by atoms with Gasteiger partial charge in [-0.2, -0.15) is 0 Å². The highest BCUT2D eigenvalue weighted by atomic mass is 35.5. The van der Waals surface area contributed by atoms with Crippen molar-refractivity contribution in [1.29, 1.82) is 0 Å². The number of rotatable bonds is 7. The summed E-state index contributed by atoms with van der Waals surface area (Å²) in [6, 6.07) is 17.6. The Labute approximate surface area is 216 Å². The fourth-order valence-corrected chi connectivity index (χ4v) is 4.81. The lowest BCUT2D eigenvalue weighted by Crippen LogP contribution is -2.27. The van der Waals surface area contributed by atoms with Gasteiger partial charge < -0.3 is 9.47 Å². The zero-order chi connectivity index (χ0) is 24.2. The highest BCUT2D eigenvalue weighted by molar-refractivity contribution is 8.18. The summed E-state index contributed by atoms with van der Waals surface area (Å²) in [6.07, 6.45) is 1.62. The lowest BCUT2D eigenvalue weighted by atomic mass is 10.1. The van der Waals surface area contributed by atoms with Crippen LogP contribution in [0.1, 0.15) is 16.7 Å². The molecule has 1 aliphatic rings. The molecule has 1 fully saturated rings. The number of ether oxygens (including phenoxy) is 2. The summed E-state index contributed by atoms with van der Waals surface area (Å²) in [4.78, 5) is 27.1. The minimum atomic E-state index is -0.399. The Balaban J connectivity index is 1.60. The van der Waals surface area contributed by atoms with Gasteiger partial charge in [0.15, 0.2) is 11.5 Å². The first-order chi connectivity index (χ1) is 16.4. The molecule has 0 spiro atoms. The van der Waals surface area contributed by atoms with Crippen molar-refractivity contribution >= 4 is 63.8 Å². The Kier molecular flexibility index (Phi) is 7.73. The third-order valence-corrected chi connectivity index (χ3v) is 6.93. The second-order valence-electron chi connectivity index (χ2n) is 7.26. The van der Waals surface area contributed by atoms with Crippen LogP contribution in [0, 0.1) is 0 Å². The topological polar surface area (TPSA) is 55.8 Å². The van der Waals surface area contributed by atoms with Crippen LogP contribution < -0.4 is 9.47 Å². The van der Waals surface area contributed by atoms with E-state index >= 15 is 0 Å². The normalized spacial score (nSPS) is 14.7. The van der Waals surface area contributed by atoms with Crippen molar-refractivity contribution in [2.45, 2.75) is 13.2 Å². The van der Waals surface area contributed by atoms with E-state index in [0.29, 0.717) is 37.7 Å². The van der Waals surface area contributed by atoms with E-state index < -0.39 is 5.91 Å². The number of carbonyl (C=O) groups is 2. The van der Waals surface area contributed by atoms with Crippen molar-refractivity contribution in [3.05, 3.63) is 97.3 Å². The van der Waals surface area contributed by atoms with Crippen molar-refractivity contribution in [3.8, 4) is 11.5 Å². The summed E-state index contributed by atoms with van der Waals surface area (Å²) in [6.45, 7) is 0.253. The minimum absolute atomic E-state index is 0.0955. The molecule has 0 radical (unpaired) electrons. The minimum Gasteiger partial charge on any atom is -0.493 e. The first-order valence-corrected chi connectivity index (χ1v) is 12.0. The maximum absolute atomic E-state index is 13.0. The Morgan fingerprint density at radius 2 is 1.74 bits per heavy atom. The molecule has 0 saturated carbocycles. The number of nitrogens with zero attached hydrogens (tertiary/aromatic N) is 1. The monoisotopic (exact) mass is 533 g/mol. The second-order valence-corrected chi connectivity index (χ2v) is 9.51. The number of carbonyl (C=O) groups excluding carboxylic acids is 2. The third-order valence-electron chi connectivity index (χ3n) is 5.06.